The molecule has 164 valence electrons. The topological polar surface area (TPSA) is 102 Å². The molecule has 0 bridgehead atoms. The molecule has 1 saturated heterocycles. The van der Waals surface area contributed by atoms with Crippen LogP contribution in [-0.2, 0) is 0 Å². The molecule has 3 heterocycles. The van der Waals surface area contributed by atoms with Gasteiger partial charge >= 0.3 is 0 Å². The molecule has 0 radical (unpaired) electrons. The lowest BCUT2D eigenvalue weighted by atomic mass is 10.0. The number of pyridine rings is 1. The highest BCUT2D eigenvalue weighted by atomic mass is 35.5. The predicted octanol–water partition coefficient (Wildman–Crippen LogP) is 2.40. The molecule has 2 aromatic heterocycles. The van der Waals surface area contributed by atoms with Gasteiger partial charge in [-0.15, -0.1) is 0 Å². The van der Waals surface area contributed by atoms with Gasteiger partial charge in [-0.1, -0.05) is 23.7 Å². The SMILES string of the molecule is CNc1ncnc(N[C@@H](C)c2cc3cccc(Cl)c3nc2N2CCN(CCO)CC2)n1. The van der Waals surface area contributed by atoms with E-state index in [-0.39, 0.29) is 12.6 Å². The van der Waals surface area contributed by atoms with Crippen LogP contribution in [0.2, 0.25) is 5.02 Å². The molecule has 1 aliphatic heterocycles. The lowest BCUT2D eigenvalue weighted by Gasteiger charge is -2.36. The minimum absolute atomic E-state index is 0.0894. The summed E-state index contributed by atoms with van der Waals surface area (Å²) in [6.07, 6.45) is 1.48. The molecule has 3 aromatic rings. The molecule has 0 unspecified atom stereocenters. The van der Waals surface area contributed by atoms with Crippen molar-refractivity contribution in [1.29, 1.82) is 0 Å². The highest BCUT2D eigenvalue weighted by molar-refractivity contribution is 6.35. The van der Waals surface area contributed by atoms with Crippen LogP contribution in [0.3, 0.4) is 0 Å². The summed E-state index contributed by atoms with van der Waals surface area (Å²) in [7, 11) is 1.77. The summed E-state index contributed by atoms with van der Waals surface area (Å²) >= 11 is 6.46. The number of piperazine rings is 1. The Morgan fingerprint density at radius 2 is 1.90 bits per heavy atom. The molecule has 10 heteroatoms. The van der Waals surface area contributed by atoms with Crippen molar-refractivity contribution in [2.45, 2.75) is 13.0 Å². The average Bonchev–Trinajstić information content (AvgIpc) is 2.79. The maximum absolute atomic E-state index is 9.23. The minimum Gasteiger partial charge on any atom is -0.395 e. The van der Waals surface area contributed by atoms with Gasteiger partial charge in [-0.25, -0.2) is 15.0 Å². The average molecular weight is 443 g/mol. The zero-order valence-electron chi connectivity index (χ0n) is 17.7. The Hall–Kier alpha value is -2.75. The summed E-state index contributed by atoms with van der Waals surface area (Å²) in [5.41, 5.74) is 1.85. The summed E-state index contributed by atoms with van der Waals surface area (Å²) in [5, 5.41) is 17.2. The first-order valence-corrected chi connectivity index (χ1v) is 10.8. The first-order chi connectivity index (χ1) is 15.1. The molecule has 1 atom stereocenters. The number of β-amino-alcohol motifs (C(OH)–C–C–N with tert-alkyl or cyclic N) is 1. The molecule has 4 rings (SSSR count). The highest BCUT2D eigenvalue weighted by Crippen LogP contribution is 2.33. The fourth-order valence-electron chi connectivity index (χ4n) is 3.82. The predicted molar refractivity (Wildman–Crippen MR) is 124 cm³/mol. The highest BCUT2D eigenvalue weighted by Gasteiger charge is 2.23. The fourth-order valence-corrected chi connectivity index (χ4v) is 4.05. The van der Waals surface area contributed by atoms with Crippen molar-refractivity contribution in [3.63, 3.8) is 0 Å². The van der Waals surface area contributed by atoms with Crippen molar-refractivity contribution in [3.8, 4) is 0 Å². The lowest BCUT2D eigenvalue weighted by Crippen LogP contribution is -2.47. The van der Waals surface area contributed by atoms with Gasteiger partial charge in [0.15, 0.2) is 0 Å². The zero-order valence-corrected chi connectivity index (χ0v) is 18.5. The zero-order chi connectivity index (χ0) is 21.8. The van der Waals surface area contributed by atoms with Gasteiger partial charge in [0.2, 0.25) is 11.9 Å². The van der Waals surface area contributed by atoms with E-state index in [4.69, 9.17) is 16.6 Å². The fraction of sp³-hybridized carbons (Fsp3) is 0.429. The molecular formula is C21H27ClN8O. The van der Waals surface area contributed by atoms with Crippen LogP contribution in [0.15, 0.2) is 30.6 Å². The molecule has 0 amide bonds. The van der Waals surface area contributed by atoms with Crippen LogP contribution in [0.5, 0.6) is 0 Å². The van der Waals surface area contributed by atoms with Crippen molar-refractivity contribution in [3.05, 3.63) is 41.2 Å². The van der Waals surface area contributed by atoms with Crippen LogP contribution in [0.1, 0.15) is 18.5 Å². The van der Waals surface area contributed by atoms with Crippen LogP contribution < -0.4 is 15.5 Å². The van der Waals surface area contributed by atoms with Crippen LogP contribution in [0, 0.1) is 0 Å². The van der Waals surface area contributed by atoms with Crippen LogP contribution >= 0.6 is 11.6 Å². The number of hydrogen-bond acceptors (Lipinski definition) is 9. The minimum atomic E-state index is -0.0894. The summed E-state index contributed by atoms with van der Waals surface area (Å²) in [6.45, 7) is 6.36. The van der Waals surface area contributed by atoms with E-state index < -0.39 is 0 Å². The van der Waals surface area contributed by atoms with Crippen molar-refractivity contribution in [2.75, 3.05) is 61.9 Å². The summed E-state index contributed by atoms with van der Waals surface area (Å²) < 4.78 is 0. The van der Waals surface area contributed by atoms with Gasteiger partial charge in [-0.2, -0.15) is 4.98 Å². The van der Waals surface area contributed by atoms with E-state index in [1.54, 1.807) is 7.05 Å². The van der Waals surface area contributed by atoms with Gasteiger partial charge in [-0.05, 0) is 19.1 Å². The molecule has 0 saturated carbocycles. The molecule has 9 nitrogen and oxygen atoms in total. The van der Waals surface area contributed by atoms with E-state index in [2.05, 4.69) is 48.4 Å². The number of para-hydroxylation sites is 1. The molecule has 1 fully saturated rings. The first kappa shape index (κ1) is 21.5. The number of anilines is 3. The molecular weight excluding hydrogens is 416 g/mol. The molecule has 1 aromatic carbocycles. The second kappa shape index (κ2) is 9.59. The number of nitrogens with zero attached hydrogens (tertiary/aromatic N) is 6. The number of benzene rings is 1. The van der Waals surface area contributed by atoms with Gasteiger partial charge in [0.05, 0.1) is 23.2 Å². The Labute approximate surface area is 186 Å². The number of fused-ring (bicyclic) bond motifs is 1. The normalized spacial score (nSPS) is 15.8. The Kier molecular flexibility index (Phi) is 6.64. The monoisotopic (exact) mass is 442 g/mol. The second-order valence-electron chi connectivity index (χ2n) is 7.51. The van der Waals surface area contributed by atoms with Crippen molar-refractivity contribution in [1.82, 2.24) is 24.8 Å². The number of hydrogen-bond donors (Lipinski definition) is 3. The van der Waals surface area contributed by atoms with E-state index in [0.717, 1.165) is 48.5 Å². The van der Waals surface area contributed by atoms with E-state index in [9.17, 15) is 5.11 Å². The number of nitrogens with one attached hydrogen (secondary N) is 2. The summed E-state index contributed by atoms with van der Waals surface area (Å²) in [6, 6.07) is 7.88. The quantitative estimate of drug-likeness (QED) is 0.509. The van der Waals surface area contributed by atoms with Gasteiger partial charge < -0.3 is 20.6 Å². The Balaban J connectivity index is 1.68. The number of rotatable bonds is 7. The van der Waals surface area contributed by atoms with Crippen LogP contribution in [0.25, 0.3) is 10.9 Å². The van der Waals surface area contributed by atoms with E-state index in [1.807, 2.05) is 18.2 Å². The molecule has 1 aliphatic rings. The van der Waals surface area contributed by atoms with E-state index in [0.29, 0.717) is 23.5 Å². The van der Waals surface area contributed by atoms with Gasteiger partial charge in [0.25, 0.3) is 0 Å². The largest absolute Gasteiger partial charge is 0.395 e. The number of halogens is 1. The van der Waals surface area contributed by atoms with E-state index in [1.165, 1.54) is 6.33 Å². The van der Waals surface area contributed by atoms with Crippen molar-refractivity contribution in [2.24, 2.45) is 0 Å². The summed E-state index contributed by atoms with van der Waals surface area (Å²) in [4.78, 5) is 22.2. The Bertz CT molecular complexity index is 1040. The van der Waals surface area contributed by atoms with Crippen LogP contribution in [-0.4, -0.2) is 76.3 Å². The molecule has 0 spiro atoms. The van der Waals surface area contributed by atoms with Crippen molar-refractivity contribution >= 4 is 40.2 Å². The Morgan fingerprint density at radius 3 is 2.65 bits per heavy atom. The molecule has 3 N–H and O–H groups in total. The molecule has 31 heavy (non-hydrogen) atoms. The maximum atomic E-state index is 9.23. The number of aromatic nitrogens is 4. The first-order valence-electron chi connectivity index (χ1n) is 10.4. The number of aliphatic hydroxyl groups excluding tert-OH is 1. The third kappa shape index (κ3) is 4.79. The summed E-state index contributed by atoms with van der Waals surface area (Å²) in [5.74, 6) is 1.91. The Morgan fingerprint density at radius 1 is 1.13 bits per heavy atom. The van der Waals surface area contributed by atoms with Gasteiger partial charge in [-0.3, -0.25) is 4.90 Å². The van der Waals surface area contributed by atoms with Crippen LogP contribution in [0.4, 0.5) is 17.7 Å². The third-order valence-corrected chi connectivity index (χ3v) is 5.81. The second-order valence-corrected chi connectivity index (χ2v) is 7.92. The van der Waals surface area contributed by atoms with E-state index >= 15 is 0 Å². The third-order valence-electron chi connectivity index (χ3n) is 5.50. The van der Waals surface area contributed by atoms with Gasteiger partial charge in [0.1, 0.15) is 12.1 Å². The smallest absolute Gasteiger partial charge is 0.227 e. The standard InChI is InChI=1S/C21H27ClN8O/c1-14(26-21-25-13-24-20(23-2)28-21)16-12-15-4-3-5-17(22)18(15)27-19(16)30-8-6-29(7-9-30)10-11-31/h3-5,12-14,31H,6-11H2,1-2H3,(H2,23,24,25,26,28)/t14-/m0/s1. The molecule has 0 aliphatic carbocycles. The van der Waals surface area contributed by atoms with Crippen molar-refractivity contribution < 1.29 is 5.11 Å². The maximum Gasteiger partial charge on any atom is 0.227 e. The van der Waals surface area contributed by atoms with Gasteiger partial charge in [0, 0.05) is 50.7 Å². The lowest BCUT2D eigenvalue weighted by molar-refractivity contribution is 0.188. The number of aliphatic hydroxyl groups is 1.